The molecule has 0 bridgehead atoms. The molecule has 4 rings (SSSR count). The highest BCUT2D eigenvalue weighted by Gasteiger charge is 2.22. The Hall–Kier alpha value is -3.67. The van der Waals surface area contributed by atoms with Gasteiger partial charge in [-0.15, -0.1) is 0 Å². The number of nitrogens with one attached hydrogen (secondary N) is 2. The van der Waals surface area contributed by atoms with Crippen LogP contribution in [-0.2, 0) is 24.2 Å². The fourth-order valence-corrected chi connectivity index (χ4v) is 3.65. The van der Waals surface area contributed by atoms with E-state index in [4.69, 9.17) is 4.74 Å². The van der Waals surface area contributed by atoms with Gasteiger partial charge in [-0.2, -0.15) is 0 Å². The van der Waals surface area contributed by atoms with Gasteiger partial charge < -0.3 is 10.1 Å². The summed E-state index contributed by atoms with van der Waals surface area (Å²) < 4.78 is 5.39. The van der Waals surface area contributed by atoms with Gasteiger partial charge in [-0.1, -0.05) is 36.4 Å². The molecule has 2 N–H and O–H groups in total. The molecular formula is C24H23N3O3. The van der Waals surface area contributed by atoms with Gasteiger partial charge in [-0.25, -0.2) is 4.79 Å². The molecule has 2 amide bonds. The molecule has 6 heteroatoms. The third-order valence-electron chi connectivity index (χ3n) is 5.16. The summed E-state index contributed by atoms with van der Waals surface area (Å²) in [5.74, 6) is -0.284. The lowest BCUT2D eigenvalue weighted by Crippen LogP contribution is -2.22. The van der Waals surface area contributed by atoms with Crippen molar-refractivity contribution in [2.75, 3.05) is 10.6 Å². The van der Waals surface area contributed by atoms with Gasteiger partial charge in [0.1, 0.15) is 6.61 Å². The quantitative estimate of drug-likeness (QED) is 0.633. The van der Waals surface area contributed by atoms with Crippen molar-refractivity contribution < 1.29 is 14.3 Å². The number of fused-ring (bicyclic) bond motifs is 1. The number of ether oxygens (including phenoxy) is 1. The molecule has 152 valence electrons. The zero-order valence-corrected chi connectivity index (χ0v) is 16.6. The molecular weight excluding hydrogens is 378 g/mol. The summed E-state index contributed by atoms with van der Waals surface area (Å²) >= 11 is 0. The highest BCUT2D eigenvalue weighted by atomic mass is 16.5. The van der Waals surface area contributed by atoms with Gasteiger partial charge in [0, 0.05) is 18.1 Å². The smallest absolute Gasteiger partial charge is 0.411 e. The Kier molecular flexibility index (Phi) is 6.03. The maximum atomic E-state index is 13.0. The first-order chi connectivity index (χ1) is 14.7. The summed E-state index contributed by atoms with van der Waals surface area (Å²) in [6.07, 6.45) is 6.54. The summed E-state index contributed by atoms with van der Waals surface area (Å²) in [6, 6.07) is 16.7. The molecule has 0 fully saturated rings. The normalized spacial score (nSPS) is 12.5. The molecule has 1 aliphatic rings. The summed E-state index contributed by atoms with van der Waals surface area (Å²) in [5.41, 5.74) is 4.69. The number of rotatable bonds is 5. The Morgan fingerprint density at radius 3 is 2.47 bits per heavy atom. The fraction of sp³-hybridized carbons (Fsp3) is 0.208. The van der Waals surface area contributed by atoms with E-state index in [1.54, 1.807) is 30.6 Å². The van der Waals surface area contributed by atoms with E-state index < -0.39 is 6.09 Å². The average Bonchev–Trinajstić information content (AvgIpc) is 2.79. The average molecular weight is 401 g/mol. The molecule has 0 spiro atoms. The summed E-state index contributed by atoms with van der Waals surface area (Å²) in [7, 11) is 0. The van der Waals surface area contributed by atoms with E-state index >= 15 is 0 Å². The number of aromatic nitrogens is 1. The molecule has 0 saturated heterocycles. The molecule has 0 unspecified atom stereocenters. The van der Waals surface area contributed by atoms with Gasteiger partial charge >= 0.3 is 6.09 Å². The third kappa shape index (κ3) is 4.66. The van der Waals surface area contributed by atoms with Crippen LogP contribution in [0.3, 0.4) is 0 Å². The van der Waals surface area contributed by atoms with E-state index in [9.17, 15) is 9.59 Å². The SMILES string of the molecule is O=C(Nc1c(C(=O)Nc2ccncc2)ccc2c1CCCC2)OCc1ccccc1. The van der Waals surface area contributed by atoms with Gasteiger partial charge in [0.25, 0.3) is 5.91 Å². The van der Waals surface area contributed by atoms with Crippen LogP contribution in [0.25, 0.3) is 0 Å². The van der Waals surface area contributed by atoms with Gasteiger partial charge in [0.05, 0.1) is 11.3 Å². The monoisotopic (exact) mass is 401 g/mol. The van der Waals surface area contributed by atoms with Crippen molar-refractivity contribution in [1.29, 1.82) is 0 Å². The number of pyridine rings is 1. The van der Waals surface area contributed by atoms with Crippen molar-refractivity contribution in [3.8, 4) is 0 Å². The number of benzene rings is 2. The standard InChI is InChI=1S/C24H23N3O3/c28-23(26-19-12-14-25-15-13-19)21-11-10-18-8-4-5-9-20(18)22(21)27-24(29)30-16-17-6-2-1-3-7-17/h1-3,6-7,10-15H,4-5,8-9,16H2,(H,27,29)(H,25,26,28). The summed E-state index contributed by atoms with van der Waals surface area (Å²) in [6.45, 7) is 0.167. The lowest BCUT2D eigenvalue weighted by molar-refractivity contribution is 0.102. The second-order valence-corrected chi connectivity index (χ2v) is 7.21. The Bertz CT molecular complexity index is 1040. The molecule has 1 aliphatic carbocycles. The van der Waals surface area contributed by atoms with E-state index in [0.717, 1.165) is 36.8 Å². The van der Waals surface area contributed by atoms with Crippen LogP contribution in [0.1, 0.15) is 39.9 Å². The summed E-state index contributed by atoms with van der Waals surface area (Å²) in [5, 5.41) is 5.71. The van der Waals surface area contributed by atoms with E-state index in [1.807, 2.05) is 36.4 Å². The minimum atomic E-state index is -0.573. The van der Waals surface area contributed by atoms with Crippen LogP contribution in [0.2, 0.25) is 0 Å². The molecule has 3 aromatic rings. The van der Waals surface area contributed by atoms with Crippen molar-refractivity contribution in [3.05, 3.63) is 89.2 Å². The van der Waals surface area contributed by atoms with Crippen LogP contribution in [0, 0.1) is 0 Å². The Morgan fingerprint density at radius 2 is 1.67 bits per heavy atom. The second kappa shape index (κ2) is 9.22. The first-order valence-electron chi connectivity index (χ1n) is 10.0. The first kappa shape index (κ1) is 19.6. The van der Waals surface area contributed by atoms with E-state index in [2.05, 4.69) is 15.6 Å². The van der Waals surface area contributed by atoms with Gasteiger partial charge in [-0.05, 0) is 60.6 Å². The van der Waals surface area contributed by atoms with Crippen LogP contribution in [0.5, 0.6) is 0 Å². The van der Waals surface area contributed by atoms with Crippen LogP contribution in [0.15, 0.2) is 67.0 Å². The Balaban J connectivity index is 1.56. The van der Waals surface area contributed by atoms with E-state index in [0.29, 0.717) is 16.9 Å². The van der Waals surface area contributed by atoms with Crippen LogP contribution < -0.4 is 10.6 Å². The van der Waals surface area contributed by atoms with Gasteiger partial charge in [0.15, 0.2) is 0 Å². The van der Waals surface area contributed by atoms with Crippen molar-refractivity contribution in [2.24, 2.45) is 0 Å². The molecule has 0 atom stereocenters. The molecule has 0 saturated carbocycles. The molecule has 0 radical (unpaired) electrons. The van der Waals surface area contributed by atoms with E-state index in [1.165, 1.54) is 5.56 Å². The number of hydrogen-bond acceptors (Lipinski definition) is 4. The second-order valence-electron chi connectivity index (χ2n) is 7.21. The van der Waals surface area contributed by atoms with Crippen LogP contribution in [0.4, 0.5) is 16.2 Å². The Morgan fingerprint density at radius 1 is 0.900 bits per heavy atom. The molecule has 2 aromatic carbocycles. The molecule has 0 aliphatic heterocycles. The number of hydrogen-bond donors (Lipinski definition) is 2. The molecule has 1 aromatic heterocycles. The van der Waals surface area contributed by atoms with Crippen LogP contribution in [-0.4, -0.2) is 17.0 Å². The lowest BCUT2D eigenvalue weighted by Gasteiger charge is -2.22. The van der Waals surface area contributed by atoms with Crippen LogP contribution >= 0.6 is 0 Å². The number of carbonyl (C=O) groups excluding carboxylic acids is 2. The summed E-state index contributed by atoms with van der Waals surface area (Å²) in [4.78, 5) is 29.4. The fourth-order valence-electron chi connectivity index (χ4n) is 3.65. The third-order valence-corrected chi connectivity index (χ3v) is 5.16. The van der Waals surface area contributed by atoms with E-state index in [-0.39, 0.29) is 12.5 Å². The Labute approximate surface area is 175 Å². The highest BCUT2D eigenvalue weighted by Crippen LogP contribution is 2.32. The zero-order valence-electron chi connectivity index (χ0n) is 16.6. The number of carbonyl (C=O) groups is 2. The van der Waals surface area contributed by atoms with Gasteiger partial charge in [-0.3, -0.25) is 15.1 Å². The van der Waals surface area contributed by atoms with Gasteiger partial charge in [0.2, 0.25) is 0 Å². The largest absolute Gasteiger partial charge is 0.444 e. The minimum Gasteiger partial charge on any atom is -0.444 e. The van der Waals surface area contributed by atoms with Crippen molar-refractivity contribution in [1.82, 2.24) is 4.98 Å². The maximum Gasteiger partial charge on any atom is 0.411 e. The number of amides is 2. The number of nitrogens with zero attached hydrogens (tertiary/aromatic N) is 1. The van der Waals surface area contributed by atoms with Crippen molar-refractivity contribution >= 4 is 23.4 Å². The maximum absolute atomic E-state index is 13.0. The first-order valence-corrected chi connectivity index (χ1v) is 10.0. The topological polar surface area (TPSA) is 80.3 Å². The van der Waals surface area contributed by atoms with Crippen molar-refractivity contribution in [3.63, 3.8) is 0 Å². The predicted molar refractivity (Wildman–Crippen MR) is 116 cm³/mol. The molecule has 30 heavy (non-hydrogen) atoms. The number of aryl methyl sites for hydroxylation is 1. The zero-order chi connectivity index (χ0) is 20.8. The predicted octanol–water partition coefficient (Wildman–Crippen LogP) is 4.96. The molecule has 6 nitrogen and oxygen atoms in total. The molecule has 1 heterocycles. The number of anilines is 2. The minimum absolute atomic E-state index is 0.167. The van der Waals surface area contributed by atoms with Crippen molar-refractivity contribution in [2.45, 2.75) is 32.3 Å². The lowest BCUT2D eigenvalue weighted by atomic mass is 9.88. The highest BCUT2D eigenvalue weighted by molar-refractivity contribution is 6.10.